The minimum atomic E-state index is -1.01. The second-order valence-corrected chi connectivity index (χ2v) is 8.16. The summed E-state index contributed by atoms with van der Waals surface area (Å²) in [5.74, 6) is 0.630. The molecular formula is C22H19ClN2O4S. The van der Waals surface area contributed by atoms with Crippen LogP contribution < -0.4 is 15.6 Å². The van der Waals surface area contributed by atoms with Gasteiger partial charge in [0.25, 0.3) is 5.56 Å². The molecule has 0 unspecified atom stereocenters. The van der Waals surface area contributed by atoms with Crippen molar-refractivity contribution in [3.63, 3.8) is 0 Å². The van der Waals surface area contributed by atoms with Crippen LogP contribution in [0.5, 0.6) is 5.75 Å². The van der Waals surface area contributed by atoms with Crippen molar-refractivity contribution >= 4 is 50.0 Å². The Morgan fingerprint density at radius 1 is 1.27 bits per heavy atom. The van der Waals surface area contributed by atoms with E-state index in [1.807, 2.05) is 35.7 Å². The molecule has 6 nitrogen and oxygen atoms in total. The molecule has 0 saturated carbocycles. The SMILES string of the molecule is COc1cc(Cl)c2[nH]c(=O)c3sccc3c2c1-c1ccc(CCCNC(=O)O)cc1. The fraction of sp³-hybridized carbons (Fsp3) is 0.182. The van der Waals surface area contributed by atoms with E-state index in [0.717, 1.165) is 40.3 Å². The number of carboxylic acid groups (broad SMARTS) is 1. The molecule has 0 spiro atoms. The van der Waals surface area contributed by atoms with Crippen LogP contribution in [-0.4, -0.2) is 29.8 Å². The first-order valence-corrected chi connectivity index (χ1v) is 10.6. The van der Waals surface area contributed by atoms with Gasteiger partial charge < -0.3 is 20.1 Å². The van der Waals surface area contributed by atoms with Gasteiger partial charge in [0.15, 0.2) is 0 Å². The van der Waals surface area contributed by atoms with Crippen LogP contribution in [-0.2, 0) is 6.42 Å². The van der Waals surface area contributed by atoms with Gasteiger partial charge in [0, 0.05) is 28.9 Å². The van der Waals surface area contributed by atoms with Crippen LogP contribution in [0, 0.1) is 0 Å². The van der Waals surface area contributed by atoms with Crippen LogP contribution in [0.3, 0.4) is 0 Å². The molecule has 154 valence electrons. The lowest BCUT2D eigenvalue weighted by atomic mass is 9.96. The van der Waals surface area contributed by atoms with Crippen molar-refractivity contribution in [2.24, 2.45) is 0 Å². The number of pyridine rings is 1. The van der Waals surface area contributed by atoms with E-state index in [9.17, 15) is 9.59 Å². The third kappa shape index (κ3) is 3.74. The largest absolute Gasteiger partial charge is 0.496 e. The van der Waals surface area contributed by atoms with E-state index in [2.05, 4.69) is 10.3 Å². The molecule has 0 aliphatic carbocycles. The molecule has 0 saturated heterocycles. The van der Waals surface area contributed by atoms with Gasteiger partial charge in [-0.1, -0.05) is 35.9 Å². The highest BCUT2D eigenvalue weighted by atomic mass is 35.5. The number of fused-ring (bicyclic) bond motifs is 3. The Balaban J connectivity index is 1.80. The molecule has 2 heterocycles. The van der Waals surface area contributed by atoms with Crippen LogP contribution in [0.25, 0.3) is 32.1 Å². The molecule has 2 aromatic heterocycles. The fourth-order valence-corrected chi connectivity index (χ4v) is 4.68. The van der Waals surface area contributed by atoms with Crippen molar-refractivity contribution in [1.82, 2.24) is 10.3 Å². The zero-order valence-corrected chi connectivity index (χ0v) is 17.7. The number of thiophene rings is 1. The molecule has 3 N–H and O–H groups in total. The predicted octanol–water partition coefficient (Wildman–Crippen LogP) is 5.27. The number of aryl methyl sites for hydroxylation is 1. The Hall–Kier alpha value is -3.03. The standard InChI is InChI=1S/C22H19ClN2O4S/c1-29-16-11-15(23)19-18(14-8-10-30-20(14)21(26)25-19)17(16)13-6-4-12(5-7-13)3-2-9-24-22(27)28/h4-8,10-11,24H,2-3,9H2,1H3,(H,25,26)(H,27,28). The predicted molar refractivity (Wildman–Crippen MR) is 121 cm³/mol. The second kappa shape index (κ2) is 8.38. The van der Waals surface area contributed by atoms with E-state index in [1.165, 1.54) is 11.3 Å². The Morgan fingerprint density at radius 2 is 2.03 bits per heavy atom. The highest BCUT2D eigenvalue weighted by Gasteiger charge is 2.19. The maximum Gasteiger partial charge on any atom is 0.404 e. The first-order valence-electron chi connectivity index (χ1n) is 9.35. The number of halogens is 1. The van der Waals surface area contributed by atoms with Gasteiger partial charge in [-0.15, -0.1) is 11.3 Å². The molecule has 0 aliphatic rings. The van der Waals surface area contributed by atoms with Crippen LogP contribution in [0.1, 0.15) is 12.0 Å². The van der Waals surface area contributed by atoms with Gasteiger partial charge >= 0.3 is 6.09 Å². The molecular weight excluding hydrogens is 424 g/mol. The van der Waals surface area contributed by atoms with Crippen molar-refractivity contribution in [3.8, 4) is 16.9 Å². The number of aromatic nitrogens is 1. The normalized spacial score (nSPS) is 11.1. The van der Waals surface area contributed by atoms with E-state index in [-0.39, 0.29) is 5.56 Å². The summed E-state index contributed by atoms with van der Waals surface area (Å²) in [5.41, 5.74) is 3.36. The molecule has 30 heavy (non-hydrogen) atoms. The van der Waals surface area contributed by atoms with Crippen molar-refractivity contribution in [2.75, 3.05) is 13.7 Å². The number of nitrogens with one attached hydrogen (secondary N) is 2. The molecule has 0 radical (unpaired) electrons. The highest BCUT2D eigenvalue weighted by Crippen LogP contribution is 2.43. The van der Waals surface area contributed by atoms with Crippen molar-refractivity contribution in [1.29, 1.82) is 0 Å². The number of aromatic amines is 1. The number of benzene rings is 2. The summed E-state index contributed by atoms with van der Waals surface area (Å²) in [7, 11) is 1.60. The number of hydrogen-bond acceptors (Lipinski definition) is 4. The van der Waals surface area contributed by atoms with E-state index in [0.29, 0.717) is 27.5 Å². The zero-order valence-electron chi connectivity index (χ0n) is 16.1. The summed E-state index contributed by atoms with van der Waals surface area (Å²) in [6.07, 6.45) is 0.473. The minimum absolute atomic E-state index is 0.157. The topological polar surface area (TPSA) is 91.4 Å². The summed E-state index contributed by atoms with van der Waals surface area (Å²) in [6.45, 7) is 0.413. The van der Waals surface area contributed by atoms with Crippen LogP contribution in [0.15, 0.2) is 46.6 Å². The Kier molecular flexibility index (Phi) is 5.65. The fourth-order valence-electron chi connectivity index (χ4n) is 3.64. The number of amides is 1. The summed E-state index contributed by atoms with van der Waals surface area (Å²) < 4.78 is 6.29. The maximum atomic E-state index is 12.4. The van der Waals surface area contributed by atoms with E-state index < -0.39 is 6.09 Å². The molecule has 4 rings (SSSR count). The molecule has 0 atom stereocenters. The molecule has 0 bridgehead atoms. The van der Waals surface area contributed by atoms with Crippen LogP contribution in [0.4, 0.5) is 4.79 Å². The third-order valence-electron chi connectivity index (χ3n) is 5.00. The van der Waals surface area contributed by atoms with E-state index in [4.69, 9.17) is 21.4 Å². The maximum absolute atomic E-state index is 12.4. The molecule has 4 aromatic rings. The van der Waals surface area contributed by atoms with Gasteiger partial charge in [0.1, 0.15) is 10.4 Å². The quantitative estimate of drug-likeness (QED) is 0.354. The lowest BCUT2D eigenvalue weighted by Gasteiger charge is -2.15. The summed E-state index contributed by atoms with van der Waals surface area (Å²) in [4.78, 5) is 25.9. The lowest BCUT2D eigenvalue weighted by Crippen LogP contribution is -2.22. The van der Waals surface area contributed by atoms with Gasteiger partial charge in [-0.2, -0.15) is 0 Å². The Labute approximate surface area is 181 Å². The molecule has 2 aromatic carbocycles. The summed E-state index contributed by atoms with van der Waals surface area (Å²) >= 11 is 7.86. The van der Waals surface area contributed by atoms with Crippen LogP contribution in [0.2, 0.25) is 5.02 Å². The average molecular weight is 443 g/mol. The first-order chi connectivity index (χ1) is 14.5. The summed E-state index contributed by atoms with van der Waals surface area (Å²) in [5, 5.41) is 15.0. The molecule has 0 fully saturated rings. The van der Waals surface area contributed by atoms with Gasteiger partial charge in [0.05, 0.1) is 17.6 Å². The van der Waals surface area contributed by atoms with E-state index in [1.54, 1.807) is 13.2 Å². The van der Waals surface area contributed by atoms with E-state index >= 15 is 0 Å². The number of H-pyrrole nitrogens is 1. The number of methoxy groups -OCH3 is 1. The Morgan fingerprint density at radius 3 is 2.73 bits per heavy atom. The lowest BCUT2D eigenvalue weighted by molar-refractivity contribution is 0.194. The number of rotatable bonds is 6. The minimum Gasteiger partial charge on any atom is -0.496 e. The number of carbonyl (C=O) groups is 1. The van der Waals surface area contributed by atoms with Crippen molar-refractivity contribution in [3.05, 3.63) is 62.7 Å². The first kappa shape index (κ1) is 20.3. The third-order valence-corrected chi connectivity index (χ3v) is 6.21. The second-order valence-electron chi connectivity index (χ2n) is 6.84. The molecule has 0 aliphatic heterocycles. The molecule has 8 heteroatoms. The molecule has 1 amide bonds. The monoisotopic (exact) mass is 442 g/mol. The smallest absolute Gasteiger partial charge is 0.404 e. The van der Waals surface area contributed by atoms with Crippen molar-refractivity contribution < 1.29 is 14.6 Å². The Bertz CT molecular complexity index is 1290. The summed E-state index contributed by atoms with van der Waals surface area (Å²) in [6, 6.07) is 11.7. The number of hydrogen-bond donors (Lipinski definition) is 3. The zero-order chi connectivity index (χ0) is 21.3. The van der Waals surface area contributed by atoms with Gasteiger partial charge in [-0.05, 0) is 35.4 Å². The highest BCUT2D eigenvalue weighted by molar-refractivity contribution is 7.17. The average Bonchev–Trinajstić information content (AvgIpc) is 3.23. The number of ether oxygens (including phenoxy) is 1. The van der Waals surface area contributed by atoms with Crippen molar-refractivity contribution in [2.45, 2.75) is 12.8 Å². The van der Waals surface area contributed by atoms with Crippen LogP contribution >= 0.6 is 22.9 Å². The van der Waals surface area contributed by atoms with Gasteiger partial charge in [-0.25, -0.2) is 4.79 Å². The van der Waals surface area contributed by atoms with Gasteiger partial charge in [0.2, 0.25) is 0 Å². The van der Waals surface area contributed by atoms with Gasteiger partial charge in [-0.3, -0.25) is 4.79 Å².